The third kappa shape index (κ3) is 9.23. The quantitative estimate of drug-likeness (QED) is 0.0709. The second-order valence-corrected chi connectivity index (χ2v) is 15.2. The molecule has 11 heteroatoms. The van der Waals surface area contributed by atoms with Crippen LogP contribution in [-0.4, -0.2) is 30.8 Å². The van der Waals surface area contributed by atoms with Crippen molar-refractivity contribution in [2.75, 3.05) is 17.7 Å². The Morgan fingerprint density at radius 2 is 1.57 bits per heavy atom. The maximum Gasteiger partial charge on any atom is 0.341 e. The van der Waals surface area contributed by atoms with Crippen molar-refractivity contribution in [3.8, 4) is 0 Å². The summed E-state index contributed by atoms with van der Waals surface area (Å²) in [7, 11) is 1.37. The molecular formula is C40H37N3O5S3. The molecule has 3 amide bonds. The van der Waals surface area contributed by atoms with Gasteiger partial charge >= 0.3 is 5.97 Å². The summed E-state index contributed by atoms with van der Waals surface area (Å²) in [5.74, 6) is -1.61. The lowest BCUT2D eigenvalue weighted by Gasteiger charge is -2.18. The first-order valence-electron chi connectivity index (χ1n) is 16.7. The number of esters is 1. The molecule has 5 aromatic rings. The lowest BCUT2D eigenvalue weighted by atomic mass is 9.96. The highest BCUT2D eigenvalue weighted by molar-refractivity contribution is 8.00. The highest BCUT2D eigenvalue weighted by Crippen LogP contribution is 2.41. The van der Waals surface area contributed by atoms with Gasteiger partial charge in [0.15, 0.2) is 0 Å². The minimum atomic E-state index is -0.674. The summed E-state index contributed by atoms with van der Waals surface area (Å²) in [6.45, 7) is 0. The first-order valence-corrected chi connectivity index (χ1v) is 19.3. The second-order valence-electron chi connectivity index (χ2n) is 11.9. The molecule has 0 aliphatic heterocycles. The largest absolute Gasteiger partial charge is 0.465 e. The highest BCUT2D eigenvalue weighted by atomic mass is 32.2. The fraction of sp³-hybridized carbons (Fsp3) is 0.200. The van der Waals surface area contributed by atoms with E-state index < -0.39 is 23.0 Å². The van der Waals surface area contributed by atoms with Crippen LogP contribution in [0.15, 0.2) is 113 Å². The molecule has 3 aromatic carbocycles. The first kappa shape index (κ1) is 35.8. The molecule has 1 aliphatic rings. The number of nitrogens with one attached hydrogen (secondary N) is 3. The summed E-state index contributed by atoms with van der Waals surface area (Å²) in [4.78, 5) is 56.5. The van der Waals surface area contributed by atoms with Crippen molar-refractivity contribution < 1.29 is 23.9 Å². The van der Waals surface area contributed by atoms with Crippen molar-refractivity contribution in [2.24, 2.45) is 0 Å². The summed E-state index contributed by atoms with van der Waals surface area (Å²) in [6.07, 6.45) is 7.58. The zero-order valence-corrected chi connectivity index (χ0v) is 30.4. The Morgan fingerprint density at radius 3 is 2.29 bits per heavy atom. The van der Waals surface area contributed by atoms with Gasteiger partial charge in [0, 0.05) is 25.9 Å². The number of anilines is 2. The van der Waals surface area contributed by atoms with Crippen LogP contribution < -0.4 is 16.0 Å². The van der Waals surface area contributed by atoms with Crippen molar-refractivity contribution in [2.45, 2.75) is 48.7 Å². The average molecular weight is 736 g/mol. The summed E-state index contributed by atoms with van der Waals surface area (Å²) in [6, 6.07) is 29.1. The van der Waals surface area contributed by atoms with Crippen LogP contribution in [0.25, 0.3) is 6.08 Å². The van der Waals surface area contributed by atoms with E-state index in [2.05, 4.69) is 16.0 Å². The van der Waals surface area contributed by atoms with Gasteiger partial charge in [0.1, 0.15) is 15.9 Å². The third-order valence-electron chi connectivity index (χ3n) is 8.34. The van der Waals surface area contributed by atoms with E-state index >= 15 is 0 Å². The number of hydrogen-bond donors (Lipinski definition) is 3. The molecule has 0 saturated carbocycles. The topological polar surface area (TPSA) is 114 Å². The van der Waals surface area contributed by atoms with Gasteiger partial charge in [0.25, 0.3) is 11.8 Å². The van der Waals surface area contributed by atoms with Gasteiger partial charge < -0.3 is 20.7 Å². The average Bonchev–Trinajstić information content (AvgIpc) is 3.78. The SMILES string of the molecule is COC(=O)c1c(NC(=O)C(Sc2cccc(NC(=O)/C(=C/c3cccs3)NC(=O)c3ccccc3)c2)c2ccccc2)sc2c1CCCCCC2. The van der Waals surface area contributed by atoms with Gasteiger partial charge in [-0.15, -0.1) is 34.4 Å². The number of rotatable bonds is 11. The first-order chi connectivity index (χ1) is 24.9. The molecule has 3 N–H and O–H groups in total. The zero-order chi connectivity index (χ0) is 35.6. The fourth-order valence-corrected chi connectivity index (χ4v) is 8.86. The Kier molecular flexibility index (Phi) is 12.2. The van der Waals surface area contributed by atoms with Crippen LogP contribution in [0.1, 0.15) is 72.5 Å². The van der Waals surface area contributed by atoms with Crippen molar-refractivity contribution in [3.05, 3.63) is 140 Å². The van der Waals surface area contributed by atoms with Gasteiger partial charge in [-0.1, -0.05) is 73.5 Å². The molecule has 0 spiro atoms. The third-order valence-corrected chi connectivity index (χ3v) is 11.6. The summed E-state index contributed by atoms with van der Waals surface area (Å²) in [5.41, 5.74) is 3.25. The Hall–Kier alpha value is -4.97. The highest BCUT2D eigenvalue weighted by Gasteiger charge is 2.29. The number of carbonyl (C=O) groups is 4. The predicted molar refractivity (Wildman–Crippen MR) is 206 cm³/mol. The number of aryl methyl sites for hydroxylation is 1. The Balaban J connectivity index is 1.24. The molecule has 2 aromatic heterocycles. The van der Waals surface area contributed by atoms with Crippen LogP contribution in [0.2, 0.25) is 0 Å². The molecule has 1 aliphatic carbocycles. The monoisotopic (exact) mass is 735 g/mol. The molecule has 2 heterocycles. The summed E-state index contributed by atoms with van der Waals surface area (Å²) < 4.78 is 5.18. The van der Waals surface area contributed by atoms with Crippen LogP contribution >= 0.6 is 34.4 Å². The molecule has 0 fully saturated rings. The normalized spacial score (nSPS) is 13.5. The number of benzene rings is 3. The van der Waals surface area contributed by atoms with E-state index in [4.69, 9.17) is 4.74 Å². The predicted octanol–water partition coefficient (Wildman–Crippen LogP) is 9.14. The maximum absolute atomic E-state index is 14.2. The number of fused-ring (bicyclic) bond motifs is 1. The standard InChI is InChI=1S/C40H37N3O5S3/c1-48-40(47)34-31-21-10-2-3-11-22-33(31)51-39(34)43-38(46)35(26-14-6-4-7-15-26)50-30-19-12-18-28(24-30)41-37(45)32(25-29-20-13-23-49-29)42-36(44)27-16-8-5-9-17-27/h4-9,12-20,23-25,35H,2-3,10-11,21-22H2,1H3,(H,41,45)(H,42,44)(H,43,46)/b32-25-. The summed E-state index contributed by atoms with van der Waals surface area (Å²) in [5, 5.41) is 10.5. The van der Waals surface area contributed by atoms with E-state index in [9.17, 15) is 19.2 Å². The van der Waals surface area contributed by atoms with Gasteiger partial charge in [-0.2, -0.15) is 0 Å². The molecule has 0 saturated heterocycles. The Bertz CT molecular complexity index is 2020. The fourth-order valence-electron chi connectivity index (χ4n) is 5.84. The van der Waals surface area contributed by atoms with Gasteiger partial charge in [0.05, 0.1) is 12.7 Å². The minimum absolute atomic E-state index is 0.0948. The number of carbonyl (C=O) groups excluding carboxylic acids is 4. The second kappa shape index (κ2) is 17.3. The number of amides is 3. The van der Waals surface area contributed by atoms with Gasteiger partial charge in [0.2, 0.25) is 5.91 Å². The minimum Gasteiger partial charge on any atom is -0.465 e. The summed E-state index contributed by atoms with van der Waals surface area (Å²) >= 11 is 4.25. The maximum atomic E-state index is 14.2. The number of thiophene rings is 2. The number of methoxy groups -OCH3 is 1. The van der Waals surface area contributed by atoms with Crippen molar-refractivity contribution >= 4 is 74.9 Å². The molecule has 8 nitrogen and oxygen atoms in total. The van der Waals surface area contributed by atoms with Crippen molar-refractivity contribution in [3.63, 3.8) is 0 Å². The molecule has 1 atom stereocenters. The van der Waals surface area contributed by atoms with Crippen molar-refractivity contribution in [1.29, 1.82) is 0 Å². The molecule has 260 valence electrons. The van der Waals surface area contributed by atoms with E-state index in [-0.39, 0.29) is 11.6 Å². The molecule has 0 bridgehead atoms. The molecular weight excluding hydrogens is 699 g/mol. The lowest BCUT2D eigenvalue weighted by molar-refractivity contribution is -0.116. The van der Waals surface area contributed by atoms with E-state index in [1.165, 1.54) is 41.5 Å². The number of hydrogen-bond acceptors (Lipinski definition) is 8. The number of thioether (sulfide) groups is 1. The van der Waals surface area contributed by atoms with Gasteiger partial charge in [-0.25, -0.2) is 4.79 Å². The molecule has 1 unspecified atom stereocenters. The molecule has 0 radical (unpaired) electrons. The smallest absolute Gasteiger partial charge is 0.341 e. The Morgan fingerprint density at radius 1 is 0.824 bits per heavy atom. The van der Waals surface area contributed by atoms with Crippen LogP contribution in [0.5, 0.6) is 0 Å². The zero-order valence-electron chi connectivity index (χ0n) is 28.0. The van der Waals surface area contributed by atoms with Crippen LogP contribution in [0.4, 0.5) is 10.7 Å². The van der Waals surface area contributed by atoms with E-state index in [1.54, 1.807) is 48.5 Å². The van der Waals surface area contributed by atoms with Gasteiger partial charge in [-0.05, 0) is 84.7 Å². The van der Waals surface area contributed by atoms with Gasteiger partial charge in [-0.3, -0.25) is 14.4 Å². The van der Waals surface area contributed by atoms with Crippen LogP contribution in [-0.2, 0) is 27.2 Å². The van der Waals surface area contributed by atoms with E-state index in [0.717, 1.165) is 64.3 Å². The van der Waals surface area contributed by atoms with E-state index in [1.807, 2.05) is 60.0 Å². The lowest BCUT2D eigenvalue weighted by Crippen LogP contribution is -2.30. The molecule has 51 heavy (non-hydrogen) atoms. The van der Waals surface area contributed by atoms with E-state index in [0.29, 0.717) is 21.8 Å². The van der Waals surface area contributed by atoms with Crippen LogP contribution in [0.3, 0.4) is 0 Å². The van der Waals surface area contributed by atoms with Crippen LogP contribution in [0, 0.1) is 0 Å². The number of ether oxygens (including phenoxy) is 1. The molecule has 6 rings (SSSR count). The Labute approximate surface area is 309 Å². The van der Waals surface area contributed by atoms with Crippen molar-refractivity contribution in [1.82, 2.24) is 5.32 Å².